The summed E-state index contributed by atoms with van der Waals surface area (Å²) < 4.78 is 26.4. The molecule has 1 heterocycles. The lowest BCUT2D eigenvalue weighted by Gasteiger charge is -2.09. The maximum absolute atomic E-state index is 12.1. The third-order valence-corrected chi connectivity index (χ3v) is 5.61. The fourth-order valence-corrected chi connectivity index (χ4v) is 4.10. The summed E-state index contributed by atoms with van der Waals surface area (Å²) >= 11 is 0. The van der Waals surface area contributed by atoms with E-state index in [-0.39, 0.29) is 23.7 Å². The highest BCUT2D eigenvalue weighted by Gasteiger charge is 2.29. The van der Waals surface area contributed by atoms with E-state index in [0.717, 1.165) is 11.1 Å². The molecule has 9 heteroatoms. The SMILES string of the molecule is Cc1ccc(C(=O)NNC(=O)CCN=C2NS(=O)(=O)c3ccccc32)c(C)c1. The summed E-state index contributed by atoms with van der Waals surface area (Å²) in [6.07, 6.45) is -0.0133. The number of hydrazine groups is 1. The predicted molar refractivity (Wildman–Crippen MR) is 104 cm³/mol. The van der Waals surface area contributed by atoms with Crippen LogP contribution in [0.25, 0.3) is 0 Å². The second-order valence-corrected chi connectivity index (χ2v) is 8.05. The Balaban J connectivity index is 1.54. The molecule has 0 saturated heterocycles. The number of hydrogen-bond acceptors (Lipinski definition) is 5. The van der Waals surface area contributed by atoms with Crippen LogP contribution in [-0.4, -0.2) is 32.6 Å². The van der Waals surface area contributed by atoms with Crippen LogP contribution in [0.5, 0.6) is 0 Å². The summed E-state index contributed by atoms with van der Waals surface area (Å²) in [6, 6.07) is 11.9. The summed E-state index contributed by atoms with van der Waals surface area (Å²) in [7, 11) is -3.60. The Morgan fingerprint density at radius 2 is 1.82 bits per heavy atom. The zero-order valence-corrected chi connectivity index (χ0v) is 16.3. The number of nitrogens with zero attached hydrogens (tertiary/aromatic N) is 1. The monoisotopic (exact) mass is 400 g/mol. The minimum absolute atomic E-state index is 0.0133. The van der Waals surface area contributed by atoms with Gasteiger partial charge in [0, 0.05) is 17.5 Å². The third-order valence-electron chi connectivity index (χ3n) is 4.21. The highest BCUT2D eigenvalue weighted by molar-refractivity contribution is 7.90. The lowest BCUT2D eigenvalue weighted by molar-refractivity contribution is -0.121. The largest absolute Gasteiger partial charge is 0.273 e. The second kappa shape index (κ2) is 7.81. The van der Waals surface area contributed by atoms with Crippen molar-refractivity contribution in [3.05, 3.63) is 64.7 Å². The van der Waals surface area contributed by atoms with Gasteiger partial charge in [0.2, 0.25) is 5.91 Å². The van der Waals surface area contributed by atoms with Crippen LogP contribution in [0.4, 0.5) is 0 Å². The zero-order valence-electron chi connectivity index (χ0n) is 15.4. The number of carbonyl (C=O) groups is 2. The number of hydrogen-bond donors (Lipinski definition) is 3. The molecule has 3 N–H and O–H groups in total. The molecule has 0 saturated carbocycles. The molecule has 1 aliphatic heterocycles. The first-order valence-electron chi connectivity index (χ1n) is 8.61. The van der Waals surface area contributed by atoms with E-state index < -0.39 is 21.8 Å². The molecule has 0 atom stereocenters. The Hall–Kier alpha value is -3.20. The average molecular weight is 400 g/mol. The molecular formula is C19H20N4O4S. The van der Waals surface area contributed by atoms with Crippen molar-refractivity contribution in [2.24, 2.45) is 4.99 Å². The minimum Gasteiger partial charge on any atom is -0.273 e. The van der Waals surface area contributed by atoms with Gasteiger partial charge in [-0.15, -0.1) is 0 Å². The number of rotatable bonds is 4. The number of nitrogens with one attached hydrogen (secondary N) is 3. The molecule has 0 aliphatic carbocycles. The zero-order chi connectivity index (χ0) is 20.3. The number of fused-ring (bicyclic) bond motifs is 1. The van der Waals surface area contributed by atoms with Gasteiger partial charge in [-0.25, -0.2) is 8.42 Å². The molecular weight excluding hydrogens is 380 g/mol. The van der Waals surface area contributed by atoms with Crippen LogP contribution in [0.1, 0.15) is 33.5 Å². The van der Waals surface area contributed by atoms with Crippen molar-refractivity contribution in [2.45, 2.75) is 25.2 Å². The van der Waals surface area contributed by atoms with Crippen molar-refractivity contribution in [3.8, 4) is 0 Å². The van der Waals surface area contributed by atoms with Crippen LogP contribution in [0, 0.1) is 13.8 Å². The van der Waals surface area contributed by atoms with Crippen molar-refractivity contribution < 1.29 is 18.0 Å². The van der Waals surface area contributed by atoms with Crippen molar-refractivity contribution >= 4 is 27.7 Å². The summed E-state index contributed by atoms with van der Waals surface area (Å²) in [5.74, 6) is -0.631. The maximum Gasteiger partial charge on any atom is 0.269 e. The van der Waals surface area contributed by atoms with E-state index in [1.165, 1.54) is 6.07 Å². The number of aryl methyl sites for hydroxylation is 2. The summed E-state index contributed by atoms with van der Waals surface area (Å²) in [4.78, 5) is 28.4. The summed E-state index contributed by atoms with van der Waals surface area (Å²) in [6.45, 7) is 3.82. The van der Waals surface area contributed by atoms with Gasteiger partial charge >= 0.3 is 0 Å². The molecule has 0 fully saturated rings. The number of benzene rings is 2. The van der Waals surface area contributed by atoms with E-state index in [9.17, 15) is 18.0 Å². The number of carbonyl (C=O) groups excluding carboxylic acids is 2. The first kappa shape index (κ1) is 19.6. The Labute approximate surface area is 163 Å². The van der Waals surface area contributed by atoms with Crippen LogP contribution in [0.15, 0.2) is 52.4 Å². The van der Waals surface area contributed by atoms with E-state index in [2.05, 4.69) is 20.6 Å². The third kappa shape index (κ3) is 4.20. The normalized spacial score (nSPS) is 15.6. The molecule has 28 heavy (non-hydrogen) atoms. The smallest absolute Gasteiger partial charge is 0.269 e. The van der Waals surface area contributed by atoms with Crippen LogP contribution < -0.4 is 15.6 Å². The van der Waals surface area contributed by atoms with Gasteiger partial charge in [0.15, 0.2) is 0 Å². The standard InChI is InChI=1S/C19H20N4O4S/c1-12-7-8-14(13(2)11-12)19(25)22-21-17(24)9-10-20-18-15-5-3-4-6-16(15)28(26,27)23-18/h3-8,11H,9-10H2,1-2H3,(H,20,23)(H,21,24)(H,22,25). The molecule has 0 unspecified atom stereocenters. The van der Waals surface area contributed by atoms with Gasteiger partial charge in [-0.3, -0.25) is 30.2 Å². The van der Waals surface area contributed by atoms with Gasteiger partial charge in [-0.1, -0.05) is 29.8 Å². The topological polar surface area (TPSA) is 117 Å². The molecule has 146 valence electrons. The fraction of sp³-hybridized carbons (Fsp3) is 0.211. The highest BCUT2D eigenvalue weighted by atomic mass is 32.2. The quantitative estimate of drug-likeness (QED) is 0.669. The second-order valence-electron chi connectivity index (χ2n) is 6.40. The molecule has 1 aliphatic rings. The van der Waals surface area contributed by atoms with Crippen LogP contribution >= 0.6 is 0 Å². The number of amides is 2. The molecule has 0 spiro atoms. The Morgan fingerprint density at radius 1 is 1.07 bits per heavy atom. The number of sulfonamides is 1. The van der Waals surface area contributed by atoms with Crippen LogP contribution in [0.3, 0.4) is 0 Å². The predicted octanol–water partition coefficient (Wildman–Crippen LogP) is 1.19. The highest BCUT2D eigenvalue weighted by Crippen LogP contribution is 2.22. The van der Waals surface area contributed by atoms with Gasteiger partial charge in [-0.2, -0.15) is 0 Å². The van der Waals surface area contributed by atoms with Gasteiger partial charge < -0.3 is 0 Å². The number of aliphatic imine (C=N–C) groups is 1. The van der Waals surface area contributed by atoms with Crippen molar-refractivity contribution in [3.63, 3.8) is 0 Å². The van der Waals surface area contributed by atoms with E-state index in [1.54, 1.807) is 24.3 Å². The average Bonchev–Trinajstić information content (AvgIpc) is 2.91. The van der Waals surface area contributed by atoms with E-state index in [1.807, 2.05) is 26.0 Å². The Morgan fingerprint density at radius 3 is 2.57 bits per heavy atom. The van der Waals surface area contributed by atoms with Crippen molar-refractivity contribution in [2.75, 3.05) is 6.54 Å². The molecule has 0 radical (unpaired) electrons. The number of amidine groups is 1. The van der Waals surface area contributed by atoms with Crippen molar-refractivity contribution in [1.82, 2.24) is 15.6 Å². The van der Waals surface area contributed by atoms with Crippen LogP contribution in [-0.2, 0) is 14.8 Å². The minimum atomic E-state index is -3.60. The van der Waals surface area contributed by atoms with Crippen molar-refractivity contribution in [1.29, 1.82) is 0 Å². The van der Waals surface area contributed by atoms with E-state index >= 15 is 0 Å². The van der Waals surface area contributed by atoms with Crippen LogP contribution in [0.2, 0.25) is 0 Å². The van der Waals surface area contributed by atoms with E-state index in [4.69, 9.17) is 0 Å². The maximum atomic E-state index is 12.1. The van der Waals surface area contributed by atoms with Gasteiger partial charge in [0.05, 0.1) is 11.4 Å². The summed E-state index contributed by atoms with van der Waals surface area (Å²) in [5.41, 5.74) is 7.51. The molecule has 3 rings (SSSR count). The summed E-state index contributed by atoms with van der Waals surface area (Å²) in [5, 5.41) is 0. The molecule has 2 aromatic carbocycles. The Bertz CT molecular complexity index is 1080. The first-order chi connectivity index (χ1) is 13.3. The molecule has 0 bridgehead atoms. The molecule has 2 aromatic rings. The lowest BCUT2D eigenvalue weighted by Crippen LogP contribution is -2.42. The van der Waals surface area contributed by atoms with Gasteiger partial charge in [-0.05, 0) is 37.6 Å². The molecule has 8 nitrogen and oxygen atoms in total. The Kier molecular flexibility index (Phi) is 5.46. The molecule has 0 aromatic heterocycles. The first-order valence-corrected chi connectivity index (χ1v) is 10.1. The lowest BCUT2D eigenvalue weighted by atomic mass is 10.1. The molecule has 2 amide bonds. The fourth-order valence-electron chi connectivity index (χ4n) is 2.85. The van der Waals surface area contributed by atoms with Gasteiger partial charge in [0.1, 0.15) is 5.84 Å². The van der Waals surface area contributed by atoms with Gasteiger partial charge in [0.25, 0.3) is 15.9 Å². The van der Waals surface area contributed by atoms with E-state index in [0.29, 0.717) is 11.1 Å².